The van der Waals surface area contributed by atoms with E-state index in [1.54, 1.807) is 24.4 Å². The molecule has 4 aromatic carbocycles. The van der Waals surface area contributed by atoms with Crippen molar-refractivity contribution >= 4 is 34.9 Å². The van der Waals surface area contributed by atoms with Crippen molar-refractivity contribution in [2.24, 2.45) is 4.99 Å². The average Bonchev–Trinajstić information content (AvgIpc) is 3.33. The summed E-state index contributed by atoms with van der Waals surface area (Å²) in [6.07, 6.45) is 1.66. The predicted octanol–water partition coefficient (Wildman–Crippen LogP) is 8.03. The van der Waals surface area contributed by atoms with E-state index in [4.69, 9.17) is 11.6 Å². The number of rotatable bonds is 7. The van der Waals surface area contributed by atoms with E-state index in [0.717, 1.165) is 33.8 Å². The number of nitro benzene ring substituents is 2. The second kappa shape index (κ2) is 10.5. The zero-order valence-corrected chi connectivity index (χ0v) is 20.5. The van der Waals surface area contributed by atoms with Gasteiger partial charge in [-0.2, -0.15) is 0 Å². The molecule has 5 aromatic rings. The Morgan fingerprint density at radius 2 is 1.37 bits per heavy atom. The minimum absolute atomic E-state index is 0.00505. The smallest absolute Gasteiger partial charge is 0.290 e. The molecule has 1 aromatic heterocycles. The van der Waals surface area contributed by atoms with Gasteiger partial charge >= 0.3 is 0 Å². The molecule has 0 fully saturated rings. The van der Waals surface area contributed by atoms with Gasteiger partial charge < -0.3 is 4.57 Å². The molecule has 0 saturated carbocycles. The maximum absolute atomic E-state index is 11.3. The number of nitro groups is 2. The molecule has 0 aliphatic heterocycles. The van der Waals surface area contributed by atoms with Crippen molar-refractivity contribution in [1.29, 1.82) is 0 Å². The molecular weight excluding hydrogens is 504 g/mol. The monoisotopic (exact) mass is 522 g/mol. The topological polar surface area (TPSA) is 104 Å². The average molecular weight is 523 g/mol. The van der Waals surface area contributed by atoms with Gasteiger partial charge in [0.05, 0.1) is 26.9 Å². The van der Waals surface area contributed by atoms with E-state index in [1.807, 2.05) is 71.3 Å². The van der Waals surface area contributed by atoms with Crippen LogP contribution in [0.15, 0.2) is 114 Å². The van der Waals surface area contributed by atoms with Gasteiger partial charge in [0.2, 0.25) is 0 Å². The SMILES string of the molecule is O=[N+]([O-])c1ccc(-n2c(-c3ccccc3)cc(C=Nc3ccc(Cl)c([N+](=O)[O-])c3)c2-c2ccccc2)cc1. The van der Waals surface area contributed by atoms with Crippen LogP contribution in [0.25, 0.3) is 28.2 Å². The standard InChI is InChI=1S/C29H19ClN4O4/c30-26-16-11-23(18-28(26)34(37)38)31-19-22-17-27(20-7-3-1-4-8-20)32(29(22)21-9-5-2-6-10-21)24-12-14-25(15-13-24)33(35)36/h1-19H. The summed E-state index contributed by atoms with van der Waals surface area (Å²) in [4.78, 5) is 26.2. The van der Waals surface area contributed by atoms with Gasteiger partial charge in [-0.15, -0.1) is 0 Å². The fraction of sp³-hybridized carbons (Fsp3) is 0. The van der Waals surface area contributed by atoms with E-state index in [1.165, 1.54) is 24.3 Å². The lowest BCUT2D eigenvalue weighted by atomic mass is 10.1. The normalized spacial score (nSPS) is 11.1. The summed E-state index contributed by atoms with van der Waals surface area (Å²) in [6, 6.07) is 32.2. The number of benzene rings is 4. The maximum Gasteiger partial charge on any atom is 0.290 e. The summed E-state index contributed by atoms with van der Waals surface area (Å²) < 4.78 is 2.03. The van der Waals surface area contributed by atoms with Crippen molar-refractivity contribution in [3.8, 4) is 28.2 Å². The zero-order chi connectivity index (χ0) is 26.6. The highest BCUT2D eigenvalue weighted by Crippen LogP contribution is 2.36. The first-order valence-corrected chi connectivity index (χ1v) is 11.9. The number of aromatic nitrogens is 1. The second-order valence-electron chi connectivity index (χ2n) is 8.33. The van der Waals surface area contributed by atoms with Gasteiger partial charge in [-0.25, -0.2) is 0 Å². The first kappa shape index (κ1) is 24.6. The van der Waals surface area contributed by atoms with E-state index in [9.17, 15) is 20.2 Å². The van der Waals surface area contributed by atoms with Crippen LogP contribution < -0.4 is 0 Å². The molecule has 0 saturated heterocycles. The molecule has 5 rings (SSSR count). The fourth-order valence-corrected chi connectivity index (χ4v) is 4.38. The van der Waals surface area contributed by atoms with Crippen LogP contribution in [0.1, 0.15) is 5.56 Å². The number of aliphatic imine (C=N–C) groups is 1. The van der Waals surface area contributed by atoms with E-state index < -0.39 is 9.85 Å². The van der Waals surface area contributed by atoms with Gasteiger partial charge in [0.1, 0.15) is 5.02 Å². The van der Waals surface area contributed by atoms with Crippen molar-refractivity contribution < 1.29 is 9.85 Å². The molecular formula is C29H19ClN4O4. The van der Waals surface area contributed by atoms with Gasteiger partial charge in [-0.1, -0.05) is 72.3 Å². The number of hydrogen-bond acceptors (Lipinski definition) is 5. The van der Waals surface area contributed by atoms with E-state index in [2.05, 4.69) is 4.99 Å². The Hall–Kier alpha value is -5.08. The summed E-state index contributed by atoms with van der Waals surface area (Å²) in [5.41, 5.74) is 5.13. The summed E-state index contributed by atoms with van der Waals surface area (Å²) >= 11 is 5.97. The molecule has 1 heterocycles. The Kier molecular flexibility index (Phi) is 6.80. The van der Waals surface area contributed by atoms with Crippen molar-refractivity contribution in [3.63, 3.8) is 0 Å². The van der Waals surface area contributed by atoms with Gasteiger partial charge in [-0.05, 0) is 41.5 Å². The molecule has 0 amide bonds. The Labute approximate surface area is 222 Å². The number of non-ortho nitro benzene ring substituents is 1. The van der Waals surface area contributed by atoms with Crippen LogP contribution in [-0.2, 0) is 0 Å². The summed E-state index contributed by atoms with van der Waals surface area (Å²) in [5.74, 6) is 0. The summed E-state index contributed by atoms with van der Waals surface area (Å²) in [7, 11) is 0. The molecule has 0 aliphatic carbocycles. The molecule has 0 radical (unpaired) electrons. The van der Waals surface area contributed by atoms with Crippen molar-refractivity contribution in [2.75, 3.05) is 0 Å². The molecule has 0 aliphatic rings. The Morgan fingerprint density at radius 1 is 0.737 bits per heavy atom. The molecule has 0 N–H and O–H groups in total. The molecule has 8 nitrogen and oxygen atoms in total. The highest BCUT2D eigenvalue weighted by molar-refractivity contribution is 6.32. The highest BCUT2D eigenvalue weighted by Gasteiger charge is 2.20. The van der Waals surface area contributed by atoms with Crippen LogP contribution in [0.3, 0.4) is 0 Å². The molecule has 0 bridgehead atoms. The van der Waals surface area contributed by atoms with Crippen molar-refractivity contribution in [1.82, 2.24) is 4.57 Å². The van der Waals surface area contributed by atoms with Crippen LogP contribution in [0, 0.1) is 20.2 Å². The third-order valence-electron chi connectivity index (χ3n) is 5.94. The summed E-state index contributed by atoms with van der Waals surface area (Å²) in [5, 5.41) is 22.6. The van der Waals surface area contributed by atoms with Gasteiger partial charge in [-0.3, -0.25) is 25.2 Å². The number of halogens is 1. The molecule has 38 heavy (non-hydrogen) atoms. The minimum atomic E-state index is -0.546. The van der Waals surface area contributed by atoms with Crippen LogP contribution in [-0.4, -0.2) is 20.6 Å². The van der Waals surface area contributed by atoms with Crippen LogP contribution in [0.5, 0.6) is 0 Å². The molecule has 186 valence electrons. The highest BCUT2D eigenvalue weighted by atomic mass is 35.5. The van der Waals surface area contributed by atoms with Crippen LogP contribution in [0.4, 0.5) is 17.1 Å². The third kappa shape index (κ3) is 4.93. The summed E-state index contributed by atoms with van der Waals surface area (Å²) in [6.45, 7) is 0. The first-order chi connectivity index (χ1) is 18.4. The van der Waals surface area contributed by atoms with Crippen LogP contribution >= 0.6 is 11.6 Å². The Bertz CT molecular complexity index is 1660. The largest absolute Gasteiger partial charge is 0.309 e. The Balaban J connectivity index is 1.74. The van der Waals surface area contributed by atoms with E-state index in [0.29, 0.717) is 5.69 Å². The minimum Gasteiger partial charge on any atom is -0.309 e. The van der Waals surface area contributed by atoms with Crippen molar-refractivity contribution in [2.45, 2.75) is 0 Å². The second-order valence-corrected chi connectivity index (χ2v) is 8.73. The molecule has 0 atom stereocenters. The predicted molar refractivity (Wildman–Crippen MR) is 149 cm³/mol. The van der Waals surface area contributed by atoms with Gasteiger partial charge in [0.25, 0.3) is 11.4 Å². The lowest BCUT2D eigenvalue weighted by molar-refractivity contribution is -0.385. The van der Waals surface area contributed by atoms with Gasteiger partial charge in [0, 0.05) is 35.7 Å². The lowest BCUT2D eigenvalue weighted by Crippen LogP contribution is -2.01. The van der Waals surface area contributed by atoms with Crippen LogP contribution in [0.2, 0.25) is 5.02 Å². The Morgan fingerprint density at radius 3 is 1.97 bits per heavy atom. The number of nitrogens with zero attached hydrogens (tertiary/aromatic N) is 4. The fourth-order valence-electron chi connectivity index (χ4n) is 4.20. The third-order valence-corrected chi connectivity index (χ3v) is 6.26. The lowest BCUT2D eigenvalue weighted by Gasteiger charge is -2.15. The van der Waals surface area contributed by atoms with Gasteiger partial charge in [0.15, 0.2) is 0 Å². The maximum atomic E-state index is 11.3. The van der Waals surface area contributed by atoms with E-state index >= 15 is 0 Å². The van der Waals surface area contributed by atoms with Crippen molar-refractivity contribution in [3.05, 3.63) is 140 Å². The quantitative estimate of drug-likeness (QED) is 0.122. The molecule has 0 spiro atoms. The molecule has 9 heteroatoms. The van der Waals surface area contributed by atoms with E-state index in [-0.39, 0.29) is 16.4 Å². The molecule has 0 unspecified atom stereocenters. The number of hydrogen-bond donors (Lipinski definition) is 0. The zero-order valence-electron chi connectivity index (χ0n) is 19.8. The first-order valence-electron chi connectivity index (χ1n) is 11.5.